The molecule has 7 heteroatoms. The highest BCUT2D eigenvalue weighted by Crippen LogP contribution is 2.21. The molecule has 0 aliphatic rings. The van der Waals surface area contributed by atoms with Crippen LogP contribution in [0.15, 0.2) is 35.4 Å². The van der Waals surface area contributed by atoms with E-state index in [4.69, 9.17) is 4.74 Å². The summed E-state index contributed by atoms with van der Waals surface area (Å²) >= 11 is 0. The smallest absolute Gasteiger partial charge is 0.241 e. The minimum Gasteiger partial charge on any atom is -0.497 e. The Morgan fingerprint density at radius 3 is 2.45 bits per heavy atom. The number of nitrogens with zero attached hydrogens (tertiary/aromatic N) is 2. The molecule has 0 saturated heterocycles. The van der Waals surface area contributed by atoms with Crippen LogP contribution >= 0.6 is 0 Å². The first kappa shape index (κ1) is 16.5. The van der Waals surface area contributed by atoms with E-state index in [0.717, 1.165) is 17.8 Å². The van der Waals surface area contributed by atoms with Crippen molar-refractivity contribution in [3.8, 4) is 5.75 Å². The van der Waals surface area contributed by atoms with Crippen LogP contribution in [0.3, 0.4) is 0 Å². The maximum atomic E-state index is 12.4. The van der Waals surface area contributed by atoms with E-state index in [2.05, 4.69) is 9.82 Å². The number of ether oxygens (including phenoxy) is 1. The van der Waals surface area contributed by atoms with E-state index in [1.54, 1.807) is 18.3 Å². The number of nitrogens with one attached hydrogen (secondary N) is 1. The van der Waals surface area contributed by atoms with Crippen LogP contribution in [0.2, 0.25) is 0 Å². The number of rotatable bonds is 6. The largest absolute Gasteiger partial charge is 0.497 e. The van der Waals surface area contributed by atoms with E-state index in [-0.39, 0.29) is 10.9 Å². The van der Waals surface area contributed by atoms with Crippen LogP contribution in [0.1, 0.15) is 31.1 Å². The molecule has 1 aromatic heterocycles. The zero-order valence-corrected chi connectivity index (χ0v) is 14.0. The lowest BCUT2D eigenvalue weighted by Gasteiger charge is -2.14. The summed E-state index contributed by atoms with van der Waals surface area (Å²) in [6.45, 7) is 6.49. The Kier molecular flexibility index (Phi) is 4.87. The van der Waals surface area contributed by atoms with Crippen molar-refractivity contribution >= 4 is 10.0 Å². The molecule has 0 fully saturated rings. The van der Waals surface area contributed by atoms with Gasteiger partial charge in [0.2, 0.25) is 10.0 Å². The molecule has 0 aliphatic carbocycles. The molecule has 1 atom stereocenters. The molecule has 0 spiro atoms. The first-order valence-corrected chi connectivity index (χ1v) is 8.56. The summed E-state index contributed by atoms with van der Waals surface area (Å²) in [5.41, 5.74) is 1.84. The van der Waals surface area contributed by atoms with Crippen LogP contribution < -0.4 is 9.46 Å². The van der Waals surface area contributed by atoms with Crippen LogP contribution in [-0.2, 0) is 16.6 Å². The van der Waals surface area contributed by atoms with E-state index < -0.39 is 10.0 Å². The Morgan fingerprint density at radius 2 is 1.95 bits per heavy atom. The van der Waals surface area contributed by atoms with Gasteiger partial charge in [-0.15, -0.1) is 0 Å². The molecule has 1 aromatic carbocycles. The van der Waals surface area contributed by atoms with E-state index >= 15 is 0 Å². The fourth-order valence-electron chi connectivity index (χ4n) is 2.32. The average Bonchev–Trinajstić information content (AvgIpc) is 2.88. The van der Waals surface area contributed by atoms with Crippen LogP contribution in [0.5, 0.6) is 5.75 Å². The van der Waals surface area contributed by atoms with E-state index in [1.165, 1.54) is 19.2 Å². The standard InChI is InChI=1S/C15H21N3O3S/c1-5-18-12(3)15(10-16-18)11(2)17-22(19,20)14-8-6-13(21-4)7-9-14/h6-11,17H,5H2,1-4H3. The first-order chi connectivity index (χ1) is 10.4. The summed E-state index contributed by atoms with van der Waals surface area (Å²) in [6, 6.07) is 5.94. The normalized spacial score (nSPS) is 13.1. The van der Waals surface area contributed by atoms with Gasteiger partial charge in [0.15, 0.2) is 0 Å². The summed E-state index contributed by atoms with van der Waals surface area (Å²) in [5.74, 6) is 0.618. The number of hydrogen-bond donors (Lipinski definition) is 1. The Labute approximate surface area is 131 Å². The van der Waals surface area contributed by atoms with Crippen molar-refractivity contribution in [1.29, 1.82) is 0 Å². The van der Waals surface area contributed by atoms with Gasteiger partial charge in [-0.3, -0.25) is 4.68 Å². The van der Waals surface area contributed by atoms with Crippen molar-refractivity contribution in [3.05, 3.63) is 41.7 Å². The zero-order valence-electron chi connectivity index (χ0n) is 13.2. The third kappa shape index (κ3) is 3.31. The van der Waals surface area contributed by atoms with Crippen LogP contribution in [0.4, 0.5) is 0 Å². The Morgan fingerprint density at radius 1 is 1.32 bits per heavy atom. The Hall–Kier alpha value is -1.86. The predicted molar refractivity (Wildman–Crippen MR) is 84.4 cm³/mol. The summed E-state index contributed by atoms with van der Waals surface area (Å²) in [5, 5.41) is 4.25. The molecule has 22 heavy (non-hydrogen) atoms. The molecule has 2 rings (SSSR count). The van der Waals surface area contributed by atoms with E-state index in [9.17, 15) is 8.42 Å². The molecule has 0 radical (unpaired) electrons. The predicted octanol–water partition coefficient (Wildman–Crippen LogP) is 2.26. The van der Waals surface area contributed by atoms with Crippen LogP contribution in [0, 0.1) is 6.92 Å². The van der Waals surface area contributed by atoms with Crippen molar-refractivity contribution in [1.82, 2.24) is 14.5 Å². The quantitative estimate of drug-likeness (QED) is 0.885. The fraction of sp³-hybridized carbons (Fsp3) is 0.400. The van der Waals surface area contributed by atoms with Gasteiger partial charge in [-0.1, -0.05) is 0 Å². The van der Waals surface area contributed by atoms with Gasteiger partial charge >= 0.3 is 0 Å². The van der Waals surface area contributed by atoms with Gasteiger partial charge in [-0.2, -0.15) is 5.10 Å². The van der Waals surface area contributed by atoms with Gasteiger partial charge in [-0.05, 0) is 45.0 Å². The summed E-state index contributed by atoms with van der Waals surface area (Å²) in [6.07, 6.45) is 1.71. The number of sulfonamides is 1. The highest BCUT2D eigenvalue weighted by molar-refractivity contribution is 7.89. The lowest BCUT2D eigenvalue weighted by molar-refractivity contribution is 0.414. The maximum Gasteiger partial charge on any atom is 0.241 e. The monoisotopic (exact) mass is 323 g/mol. The second-order valence-corrected chi connectivity index (χ2v) is 6.73. The number of benzene rings is 1. The summed E-state index contributed by atoms with van der Waals surface area (Å²) in [4.78, 5) is 0.209. The van der Waals surface area contributed by atoms with Crippen molar-refractivity contribution in [3.63, 3.8) is 0 Å². The highest BCUT2D eigenvalue weighted by atomic mass is 32.2. The summed E-state index contributed by atoms with van der Waals surface area (Å²) < 4.78 is 34.4. The zero-order chi connectivity index (χ0) is 16.3. The minimum absolute atomic E-state index is 0.209. The van der Waals surface area contributed by atoms with Crippen molar-refractivity contribution in [2.75, 3.05) is 7.11 Å². The number of methoxy groups -OCH3 is 1. The van der Waals surface area contributed by atoms with Crippen molar-refractivity contribution in [2.24, 2.45) is 0 Å². The fourth-order valence-corrected chi connectivity index (χ4v) is 3.55. The molecule has 2 aromatic rings. The Balaban J connectivity index is 2.21. The average molecular weight is 323 g/mol. The first-order valence-electron chi connectivity index (χ1n) is 7.07. The molecule has 120 valence electrons. The second-order valence-electron chi connectivity index (χ2n) is 5.02. The van der Waals surface area contributed by atoms with E-state index in [0.29, 0.717) is 5.75 Å². The molecule has 6 nitrogen and oxygen atoms in total. The third-order valence-electron chi connectivity index (χ3n) is 3.61. The lowest BCUT2D eigenvalue weighted by atomic mass is 10.1. The number of hydrogen-bond acceptors (Lipinski definition) is 4. The van der Waals surface area contributed by atoms with Crippen LogP contribution in [0.25, 0.3) is 0 Å². The topological polar surface area (TPSA) is 73.2 Å². The maximum absolute atomic E-state index is 12.4. The molecule has 1 N–H and O–H groups in total. The molecule has 0 amide bonds. The third-order valence-corrected chi connectivity index (χ3v) is 5.17. The van der Waals surface area contributed by atoms with Gasteiger partial charge in [0.25, 0.3) is 0 Å². The highest BCUT2D eigenvalue weighted by Gasteiger charge is 2.21. The van der Waals surface area contributed by atoms with Crippen molar-refractivity contribution in [2.45, 2.75) is 38.3 Å². The molecule has 0 saturated carbocycles. The molecule has 0 bridgehead atoms. The van der Waals surface area contributed by atoms with Gasteiger partial charge in [0, 0.05) is 23.8 Å². The number of aromatic nitrogens is 2. The lowest BCUT2D eigenvalue weighted by Crippen LogP contribution is -2.27. The molecule has 1 heterocycles. The van der Waals surface area contributed by atoms with E-state index in [1.807, 2.05) is 25.5 Å². The molecular formula is C15H21N3O3S. The van der Waals surface area contributed by atoms with Gasteiger partial charge in [-0.25, -0.2) is 13.1 Å². The minimum atomic E-state index is -3.59. The number of aryl methyl sites for hydroxylation is 1. The van der Waals surface area contributed by atoms with Crippen LogP contribution in [-0.4, -0.2) is 25.3 Å². The SMILES string of the molecule is CCn1ncc(C(C)NS(=O)(=O)c2ccc(OC)cc2)c1C. The van der Waals surface area contributed by atoms with Gasteiger partial charge in [0.05, 0.1) is 18.2 Å². The van der Waals surface area contributed by atoms with Gasteiger partial charge < -0.3 is 4.74 Å². The van der Waals surface area contributed by atoms with Gasteiger partial charge in [0.1, 0.15) is 5.75 Å². The van der Waals surface area contributed by atoms with Crippen molar-refractivity contribution < 1.29 is 13.2 Å². The molecular weight excluding hydrogens is 302 g/mol. The molecule has 1 unspecified atom stereocenters. The second kappa shape index (κ2) is 6.50. The molecule has 0 aliphatic heterocycles. The Bertz CT molecular complexity index is 736. The summed E-state index contributed by atoms with van der Waals surface area (Å²) in [7, 11) is -2.05.